The molecule has 8 nitrogen and oxygen atoms in total. The maximum Gasteiger partial charge on any atom is 0.325 e. The summed E-state index contributed by atoms with van der Waals surface area (Å²) in [6.07, 6.45) is 4.55. The predicted molar refractivity (Wildman–Crippen MR) is 109 cm³/mol. The topological polar surface area (TPSA) is 91.0 Å². The molecule has 2 heterocycles. The van der Waals surface area contributed by atoms with E-state index in [9.17, 15) is 14.4 Å². The number of hydrogen-bond acceptors (Lipinski definition) is 5. The Bertz CT molecular complexity index is 620. The molecule has 3 fully saturated rings. The second-order valence-corrected chi connectivity index (χ2v) is 9.18. The van der Waals surface area contributed by atoms with E-state index in [1.54, 1.807) is 0 Å². The Morgan fingerprint density at radius 1 is 1.28 bits per heavy atom. The number of carbonyl (C=O) groups excluding carboxylic acids is 3. The van der Waals surface area contributed by atoms with Crippen molar-refractivity contribution in [2.24, 2.45) is 11.8 Å². The molecular weight excluding hydrogens is 372 g/mol. The second-order valence-electron chi connectivity index (χ2n) is 9.18. The molecule has 1 saturated carbocycles. The van der Waals surface area contributed by atoms with Gasteiger partial charge in [-0.25, -0.2) is 4.79 Å². The first-order valence-corrected chi connectivity index (χ1v) is 11.1. The number of rotatable bonds is 7. The lowest BCUT2D eigenvalue weighted by atomic mass is 9.73. The Morgan fingerprint density at radius 2 is 2.00 bits per heavy atom. The molecule has 3 rings (SSSR count). The minimum absolute atomic E-state index is 0.0949. The third-order valence-corrected chi connectivity index (χ3v) is 6.64. The third-order valence-electron chi connectivity index (χ3n) is 6.64. The quantitative estimate of drug-likeness (QED) is 0.621. The maximum atomic E-state index is 13.0. The van der Waals surface area contributed by atoms with Gasteiger partial charge < -0.3 is 15.4 Å². The van der Waals surface area contributed by atoms with E-state index in [4.69, 9.17) is 4.74 Å². The van der Waals surface area contributed by atoms with Crippen LogP contribution in [0.4, 0.5) is 4.79 Å². The zero-order chi connectivity index (χ0) is 21.0. The summed E-state index contributed by atoms with van der Waals surface area (Å²) in [5.41, 5.74) is -0.816. The number of amides is 4. The fourth-order valence-corrected chi connectivity index (χ4v) is 4.92. The van der Waals surface area contributed by atoms with Crippen LogP contribution >= 0.6 is 0 Å². The van der Waals surface area contributed by atoms with E-state index in [0.29, 0.717) is 32.1 Å². The van der Waals surface area contributed by atoms with Gasteiger partial charge in [0, 0.05) is 25.7 Å². The van der Waals surface area contributed by atoms with Crippen LogP contribution in [0.25, 0.3) is 0 Å². The number of morpholine rings is 1. The van der Waals surface area contributed by atoms with Crippen molar-refractivity contribution in [1.29, 1.82) is 0 Å². The van der Waals surface area contributed by atoms with Crippen LogP contribution < -0.4 is 10.6 Å². The summed E-state index contributed by atoms with van der Waals surface area (Å²) in [5, 5.41) is 5.86. The fraction of sp³-hybridized carbons (Fsp3) is 0.857. The minimum atomic E-state index is -0.816. The Morgan fingerprint density at radius 3 is 2.66 bits per heavy atom. The van der Waals surface area contributed by atoms with Crippen LogP contribution in [0.15, 0.2) is 0 Å². The molecule has 0 aromatic heterocycles. The van der Waals surface area contributed by atoms with Crippen molar-refractivity contribution in [3.05, 3.63) is 0 Å². The van der Waals surface area contributed by atoms with Gasteiger partial charge in [0.15, 0.2) is 0 Å². The highest BCUT2D eigenvalue weighted by Crippen LogP contribution is 2.38. The second kappa shape index (κ2) is 9.43. The lowest BCUT2D eigenvalue weighted by molar-refractivity contribution is -0.137. The van der Waals surface area contributed by atoms with Crippen LogP contribution in [-0.2, 0) is 14.3 Å². The number of hydrogen-bond donors (Lipinski definition) is 2. The maximum absolute atomic E-state index is 13.0. The highest BCUT2D eigenvalue weighted by atomic mass is 16.5. The van der Waals surface area contributed by atoms with Gasteiger partial charge in [0.25, 0.3) is 5.91 Å². The number of urea groups is 1. The highest BCUT2D eigenvalue weighted by molar-refractivity contribution is 6.09. The normalized spacial score (nSPS) is 29.4. The molecular formula is C21H36N4O4. The van der Waals surface area contributed by atoms with Gasteiger partial charge in [0.2, 0.25) is 5.91 Å². The molecule has 3 atom stereocenters. The molecule has 0 aromatic carbocycles. The van der Waals surface area contributed by atoms with Crippen molar-refractivity contribution in [3.63, 3.8) is 0 Å². The number of ether oxygens (including phenoxy) is 1. The van der Waals surface area contributed by atoms with Crippen molar-refractivity contribution >= 4 is 17.8 Å². The van der Waals surface area contributed by atoms with Gasteiger partial charge in [0.1, 0.15) is 12.1 Å². The van der Waals surface area contributed by atoms with Gasteiger partial charge in [-0.05, 0) is 31.1 Å². The summed E-state index contributed by atoms with van der Waals surface area (Å²) in [5.74, 6) is 0.0867. The highest BCUT2D eigenvalue weighted by Gasteiger charge is 2.55. The summed E-state index contributed by atoms with van der Waals surface area (Å²) >= 11 is 0. The van der Waals surface area contributed by atoms with Gasteiger partial charge in [0.05, 0.1) is 13.2 Å². The average molecular weight is 409 g/mol. The van der Waals surface area contributed by atoms with Crippen LogP contribution in [0.3, 0.4) is 0 Å². The third kappa shape index (κ3) is 4.91. The van der Waals surface area contributed by atoms with Crippen molar-refractivity contribution in [1.82, 2.24) is 20.4 Å². The SMILES string of the molecule is CC(C)CC(CNC(=O)CN1C(=O)NC2(CCCCC2C)C1=O)N1CCOCC1. The minimum Gasteiger partial charge on any atom is -0.379 e. The molecule has 1 spiro atoms. The number of nitrogens with zero attached hydrogens (tertiary/aromatic N) is 2. The van der Waals surface area contributed by atoms with E-state index in [1.807, 2.05) is 6.92 Å². The molecule has 3 aliphatic rings. The lowest BCUT2D eigenvalue weighted by Crippen LogP contribution is -2.54. The number of nitrogens with one attached hydrogen (secondary N) is 2. The molecule has 0 radical (unpaired) electrons. The van der Waals surface area contributed by atoms with Crippen molar-refractivity contribution in [2.45, 2.75) is 64.5 Å². The van der Waals surface area contributed by atoms with E-state index >= 15 is 0 Å². The van der Waals surface area contributed by atoms with Gasteiger partial charge in [-0.15, -0.1) is 0 Å². The molecule has 4 amide bonds. The molecule has 0 bridgehead atoms. The molecule has 164 valence electrons. The Balaban J connectivity index is 1.56. The molecule has 0 aromatic rings. The van der Waals surface area contributed by atoms with Crippen molar-refractivity contribution < 1.29 is 19.1 Å². The Hall–Kier alpha value is -1.67. The molecule has 3 unspecified atom stereocenters. The lowest BCUT2D eigenvalue weighted by Gasteiger charge is -2.37. The summed E-state index contributed by atoms with van der Waals surface area (Å²) in [6, 6.07) is -0.207. The van der Waals surface area contributed by atoms with E-state index in [-0.39, 0.29) is 30.3 Å². The predicted octanol–water partition coefficient (Wildman–Crippen LogP) is 1.35. The Kier molecular flexibility index (Phi) is 7.16. The monoisotopic (exact) mass is 408 g/mol. The van der Waals surface area contributed by atoms with E-state index in [2.05, 4.69) is 29.4 Å². The number of imide groups is 1. The average Bonchev–Trinajstić information content (AvgIpc) is 2.93. The molecule has 2 saturated heterocycles. The van der Waals surface area contributed by atoms with Gasteiger partial charge in [-0.2, -0.15) is 0 Å². The summed E-state index contributed by atoms with van der Waals surface area (Å²) < 4.78 is 5.44. The van der Waals surface area contributed by atoms with Crippen LogP contribution in [0, 0.1) is 11.8 Å². The fourth-order valence-electron chi connectivity index (χ4n) is 4.92. The Labute approximate surface area is 173 Å². The number of carbonyl (C=O) groups is 3. The van der Waals surface area contributed by atoms with Crippen LogP contribution in [0.1, 0.15) is 52.9 Å². The molecule has 2 N–H and O–H groups in total. The van der Waals surface area contributed by atoms with E-state index < -0.39 is 11.6 Å². The smallest absolute Gasteiger partial charge is 0.325 e. The van der Waals surface area contributed by atoms with Crippen LogP contribution in [-0.4, -0.2) is 78.6 Å². The molecule has 1 aliphatic carbocycles. The zero-order valence-electron chi connectivity index (χ0n) is 18.0. The summed E-state index contributed by atoms with van der Waals surface area (Å²) in [4.78, 5) is 41.5. The molecule has 29 heavy (non-hydrogen) atoms. The van der Waals surface area contributed by atoms with E-state index in [1.165, 1.54) is 0 Å². The first kappa shape index (κ1) is 22.0. The summed E-state index contributed by atoms with van der Waals surface area (Å²) in [7, 11) is 0. The summed E-state index contributed by atoms with van der Waals surface area (Å²) in [6.45, 7) is 9.82. The largest absolute Gasteiger partial charge is 0.379 e. The van der Waals surface area contributed by atoms with Crippen molar-refractivity contribution in [2.75, 3.05) is 39.4 Å². The van der Waals surface area contributed by atoms with Crippen LogP contribution in [0.2, 0.25) is 0 Å². The zero-order valence-corrected chi connectivity index (χ0v) is 18.0. The van der Waals surface area contributed by atoms with Gasteiger partial charge in [-0.3, -0.25) is 19.4 Å². The first-order chi connectivity index (χ1) is 13.8. The molecule has 8 heteroatoms. The van der Waals surface area contributed by atoms with Gasteiger partial charge >= 0.3 is 6.03 Å². The first-order valence-electron chi connectivity index (χ1n) is 11.1. The standard InChI is InChI=1S/C21H36N4O4/c1-15(2)12-17(24-8-10-29-11-9-24)13-22-18(26)14-25-19(27)21(23-20(25)28)7-5-4-6-16(21)3/h15-17H,4-14H2,1-3H3,(H,22,26)(H,23,28). The molecule has 2 aliphatic heterocycles. The van der Waals surface area contributed by atoms with Gasteiger partial charge in [-0.1, -0.05) is 33.6 Å². The van der Waals surface area contributed by atoms with E-state index in [0.717, 1.165) is 43.7 Å². The van der Waals surface area contributed by atoms with Crippen LogP contribution in [0.5, 0.6) is 0 Å². The van der Waals surface area contributed by atoms with Crippen molar-refractivity contribution in [3.8, 4) is 0 Å².